The monoisotopic (exact) mass is 358 g/mol. The van der Waals surface area contributed by atoms with Crippen LogP contribution in [0.3, 0.4) is 0 Å². The van der Waals surface area contributed by atoms with Crippen molar-refractivity contribution in [2.24, 2.45) is 0 Å². The van der Waals surface area contributed by atoms with Crippen molar-refractivity contribution in [2.45, 2.75) is 39.1 Å². The molecule has 0 fully saturated rings. The van der Waals surface area contributed by atoms with Crippen molar-refractivity contribution >= 4 is 11.0 Å². The number of hydrogen-bond acceptors (Lipinski definition) is 3. The van der Waals surface area contributed by atoms with Crippen molar-refractivity contribution in [3.8, 4) is 0 Å². The molecule has 0 spiro atoms. The number of halogens is 1. The van der Waals surface area contributed by atoms with Crippen LogP contribution in [0.15, 0.2) is 53.3 Å². The Morgan fingerprint density at radius 1 is 1.08 bits per heavy atom. The molecule has 1 atom stereocenters. The molecule has 1 heterocycles. The van der Waals surface area contributed by atoms with E-state index in [1.807, 2.05) is 31.2 Å². The zero-order chi connectivity index (χ0) is 18.5. The maximum absolute atomic E-state index is 13.6. The Morgan fingerprint density at radius 3 is 2.42 bits per heavy atom. The van der Waals surface area contributed by atoms with Gasteiger partial charge in [0, 0.05) is 12.1 Å². The third kappa shape index (κ3) is 3.86. The van der Waals surface area contributed by atoms with Gasteiger partial charge in [-0.1, -0.05) is 37.3 Å². The first-order chi connectivity index (χ1) is 12.6. The van der Waals surface area contributed by atoms with Crippen LogP contribution in [0.2, 0.25) is 0 Å². The number of aliphatic hydroxyl groups excluding tert-OH is 1. The van der Waals surface area contributed by atoms with E-state index in [1.54, 1.807) is 27.3 Å². The molecule has 0 aliphatic rings. The van der Waals surface area contributed by atoms with E-state index in [9.17, 15) is 14.3 Å². The van der Waals surface area contributed by atoms with Crippen LogP contribution in [0.1, 0.15) is 18.9 Å². The molecule has 3 aromatic rings. The molecule has 26 heavy (non-hydrogen) atoms. The highest BCUT2D eigenvalue weighted by molar-refractivity contribution is 5.75. The van der Waals surface area contributed by atoms with Gasteiger partial charge in [-0.2, -0.15) is 0 Å². The van der Waals surface area contributed by atoms with Gasteiger partial charge in [0.15, 0.2) is 0 Å². The zero-order valence-corrected chi connectivity index (χ0v) is 14.8. The summed E-state index contributed by atoms with van der Waals surface area (Å²) in [5.41, 5.74) is 1.95. The Bertz CT molecular complexity index is 932. The third-order valence-corrected chi connectivity index (χ3v) is 4.29. The second kappa shape index (κ2) is 8.29. The van der Waals surface area contributed by atoms with Gasteiger partial charge in [0.1, 0.15) is 5.82 Å². The van der Waals surface area contributed by atoms with Crippen molar-refractivity contribution in [3.63, 3.8) is 0 Å². The number of nitrogens with zero attached hydrogens (tertiary/aromatic N) is 2. The predicted molar refractivity (Wildman–Crippen MR) is 98.6 cm³/mol. The van der Waals surface area contributed by atoms with E-state index in [-0.39, 0.29) is 31.3 Å². The smallest absolute Gasteiger partial charge is 0.329 e. The highest BCUT2D eigenvalue weighted by Gasteiger charge is 2.15. The Hall–Kier alpha value is -2.44. The summed E-state index contributed by atoms with van der Waals surface area (Å²) in [7, 11) is 0. The summed E-state index contributed by atoms with van der Waals surface area (Å²) in [4.78, 5) is 12.7. The van der Waals surface area contributed by atoms with Crippen molar-refractivity contribution in [2.75, 3.05) is 6.61 Å². The van der Waals surface area contributed by atoms with Crippen LogP contribution in [-0.2, 0) is 24.4 Å². The van der Waals surface area contributed by atoms with E-state index in [2.05, 4.69) is 0 Å². The lowest BCUT2D eigenvalue weighted by Crippen LogP contribution is -2.30. The first-order valence-electron chi connectivity index (χ1n) is 8.79. The quantitative estimate of drug-likeness (QED) is 0.674. The van der Waals surface area contributed by atoms with Crippen LogP contribution < -0.4 is 5.69 Å². The largest absolute Gasteiger partial charge is 0.389 e. The van der Waals surface area contributed by atoms with E-state index in [4.69, 9.17) is 4.74 Å². The molecule has 3 rings (SSSR count). The van der Waals surface area contributed by atoms with Crippen molar-refractivity contribution in [1.29, 1.82) is 0 Å². The number of imidazole rings is 1. The number of para-hydroxylation sites is 2. The predicted octanol–water partition coefficient (Wildman–Crippen LogP) is 2.93. The first-order valence-corrected chi connectivity index (χ1v) is 8.79. The second-order valence-electron chi connectivity index (χ2n) is 6.29. The normalized spacial score (nSPS) is 12.6. The number of benzene rings is 2. The summed E-state index contributed by atoms with van der Waals surface area (Å²) in [6.07, 6.45) is -0.0114. The van der Waals surface area contributed by atoms with Crippen LogP contribution in [0, 0.1) is 5.82 Å². The molecule has 0 aliphatic heterocycles. The van der Waals surface area contributed by atoms with Gasteiger partial charge in [0.2, 0.25) is 0 Å². The molecule has 0 saturated carbocycles. The Balaban J connectivity index is 1.69. The fraction of sp³-hybridized carbons (Fsp3) is 0.350. The summed E-state index contributed by atoms with van der Waals surface area (Å²) in [5.74, 6) is -0.333. The fourth-order valence-electron chi connectivity index (χ4n) is 3.07. The molecule has 0 radical (unpaired) electrons. The van der Waals surface area contributed by atoms with Crippen molar-refractivity contribution in [3.05, 3.63) is 70.4 Å². The van der Waals surface area contributed by atoms with Crippen molar-refractivity contribution in [1.82, 2.24) is 9.13 Å². The average Bonchev–Trinajstić information content (AvgIpc) is 2.90. The Labute approximate surface area is 151 Å². The molecule has 2 aromatic carbocycles. The van der Waals surface area contributed by atoms with E-state index < -0.39 is 6.10 Å². The van der Waals surface area contributed by atoms with Gasteiger partial charge in [-0.05, 0) is 24.6 Å². The molecular formula is C20H23FN2O3. The summed E-state index contributed by atoms with van der Waals surface area (Å²) < 4.78 is 22.3. The third-order valence-electron chi connectivity index (χ3n) is 4.29. The zero-order valence-electron chi connectivity index (χ0n) is 14.8. The minimum absolute atomic E-state index is 0.0219. The van der Waals surface area contributed by atoms with Gasteiger partial charge in [0.25, 0.3) is 0 Å². The standard InChI is InChI=1S/C20H23FN2O3/c1-2-11-22-18-9-5-6-10-19(18)23(20(22)25)12-16(24)14-26-13-15-7-3-4-8-17(15)21/h3-10,16,24H,2,11-14H2,1H3. The lowest BCUT2D eigenvalue weighted by Gasteiger charge is -2.12. The van der Waals surface area contributed by atoms with Crippen LogP contribution >= 0.6 is 0 Å². The van der Waals surface area contributed by atoms with E-state index >= 15 is 0 Å². The van der Waals surface area contributed by atoms with Gasteiger partial charge in [-0.25, -0.2) is 9.18 Å². The molecule has 5 nitrogen and oxygen atoms in total. The number of ether oxygens (including phenoxy) is 1. The molecule has 0 amide bonds. The Morgan fingerprint density at radius 2 is 1.73 bits per heavy atom. The summed E-state index contributed by atoms with van der Waals surface area (Å²) >= 11 is 0. The summed E-state index contributed by atoms with van der Waals surface area (Å²) in [6.45, 7) is 2.88. The number of rotatable bonds is 8. The number of hydrogen-bond donors (Lipinski definition) is 1. The van der Waals surface area contributed by atoms with Crippen LogP contribution in [0.25, 0.3) is 11.0 Å². The summed E-state index contributed by atoms with van der Waals surface area (Å²) in [6, 6.07) is 13.9. The lowest BCUT2D eigenvalue weighted by molar-refractivity contribution is 0.0195. The van der Waals surface area contributed by atoms with Crippen molar-refractivity contribution < 1.29 is 14.2 Å². The topological polar surface area (TPSA) is 56.4 Å². The molecule has 0 aliphatic carbocycles. The number of fused-ring (bicyclic) bond motifs is 1. The first kappa shape index (κ1) is 18.4. The molecule has 1 N–H and O–H groups in total. The second-order valence-corrected chi connectivity index (χ2v) is 6.29. The number of aromatic nitrogens is 2. The van der Waals surface area contributed by atoms with Crippen LogP contribution in [-0.4, -0.2) is 27.0 Å². The van der Waals surface area contributed by atoms with Crippen LogP contribution in [0.4, 0.5) is 4.39 Å². The van der Waals surface area contributed by atoms with Gasteiger partial charge >= 0.3 is 5.69 Å². The van der Waals surface area contributed by atoms with Gasteiger partial charge < -0.3 is 9.84 Å². The fourth-order valence-corrected chi connectivity index (χ4v) is 3.07. The lowest BCUT2D eigenvalue weighted by atomic mass is 10.2. The van der Waals surface area contributed by atoms with Gasteiger partial charge in [-0.3, -0.25) is 9.13 Å². The van der Waals surface area contributed by atoms with Gasteiger partial charge in [0.05, 0.1) is 36.9 Å². The maximum atomic E-state index is 13.6. The average molecular weight is 358 g/mol. The molecule has 1 aromatic heterocycles. The molecule has 0 bridgehead atoms. The molecular weight excluding hydrogens is 335 g/mol. The highest BCUT2D eigenvalue weighted by Crippen LogP contribution is 2.14. The van der Waals surface area contributed by atoms with E-state index in [1.165, 1.54) is 6.07 Å². The SMILES string of the molecule is CCCn1c(=O)n(CC(O)COCc2ccccc2F)c2ccccc21. The molecule has 0 saturated heterocycles. The van der Waals surface area contributed by atoms with E-state index in [0.717, 1.165) is 17.5 Å². The van der Waals surface area contributed by atoms with E-state index in [0.29, 0.717) is 12.1 Å². The summed E-state index contributed by atoms with van der Waals surface area (Å²) in [5, 5.41) is 10.3. The molecule has 1 unspecified atom stereocenters. The maximum Gasteiger partial charge on any atom is 0.329 e. The highest BCUT2D eigenvalue weighted by atomic mass is 19.1. The minimum Gasteiger partial charge on any atom is -0.389 e. The van der Waals surface area contributed by atoms with Gasteiger partial charge in [-0.15, -0.1) is 0 Å². The minimum atomic E-state index is -0.861. The number of aryl methyl sites for hydroxylation is 1. The Kier molecular flexibility index (Phi) is 5.85. The number of aliphatic hydroxyl groups is 1. The molecule has 6 heteroatoms. The molecule has 138 valence electrons. The van der Waals surface area contributed by atoms with Crippen LogP contribution in [0.5, 0.6) is 0 Å².